The second kappa shape index (κ2) is 5.14. The van der Waals surface area contributed by atoms with Crippen molar-refractivity contribution >= 4 is 16.6 Å². The fourth-order valence-corrected chi connectivity index (χ4v) is 3.12. The van der Waals surface area contributed by atoms with E-state index < -0.39 is 0 Å². The van der Waals surface area contributed by atoms with Gasteiger partial charge in [0.25, 0.3) is 0 Å². The Bertz CT molecular complexity index is 590. The molecule has 19 heavy (non-hydrogen) atoms. The van der Waals surface area contributed by atoms with Gasteiger partial charge in [-0.15, -0.1) is 0 Å². The van der Waals surface area contributed by atoms with Crippen molar-refractivity contribution in [1.29, 1.82) is 0 Å². The van der Waals surface area contributed by atoms with E-state index in [2.05, 4.69) is 42.5 Å². The van der Waals surface area contributed by atoms with Crippen molar-refractivity contribution in [2.24, 2.45) is 11.7 Å². The van der Waals surface area contributed by atoms with Crippen LogP contribution in [-0.4, -0.2) is 5.78 Å². The predicted molar refractivity (Wildman–Crippen MR) is 77.8 cm³/mol. The van der Waals surface area contributed by atoms with Crippen LogP contribution < -0.4 is 5.73 Å². The van der Waals surface area contributed by atoms with Crippen LogP contribution in [0, 0.1) is 5.92 Å². The summed E-state index contributed by atoms with van der Waals surface area (Å²) in [6.45, 7) is 0. The maximum absolute atomic E-state index is 11.3. The first-order valence-corrected chi connectivity index (χ1v) is 7.00. The largest absolute Gasteiger partial charge is 0.324 e. The summed E-state index contributed by atoms with van der Waals surface area (Å²) in [5.74, 6) is 0.824. The number of fused-ring (bicyclic) bond motifs is 1. The minimum absolute atomic E-state index is 0.0409. The Labute approximate surface area is 113 Å². The molecule has 2 N–H and O–H groups in total. The van der Waals surface area contributed by atoms with Gasteiger partial charge in [0.05, 0.1) is 0 Å². The number of rotatable bonds is 2. The van der Waals surface area contributed by atoms with Crippen LogP contribution >= 0.6 is 0 Å². The van der Waals surface area contributed by atoms with Crippen LogP contribution in [0.15, 0.2) is 42.5 Å². The fourth-order valence-electron chi connectivity index (χ4n) is 3.12. The smallest absolute Gasteiger partial charge is 0.132 e. The van der Waals surface area contributed by atoms with E-state index in [-0.39, 0.29) is 6.04 Å². The van der Waals surface area contributed by atoms with E-state index in [1.807, 2.05) is 0 Å². The number of ketones is 1. The third-order valence-corrected chi connectivity index (χ3v) is 4.28. The molecule has 2 aromatic carbocycles. The molecule has 1 atom stereocenters. The average Bonchev–Trinajstić information content (AvgIpc) is 2.47. The van der Waals surface area contributed by atoms with Gasteiger partial charge in [-0.3, -0.25) is 4.79 Å². The Hall–Kier alpha value is -1.67. The zero-order valence-corrected chi connectivity index (χ0v) is 11.0. The van der Waals surface area contributed by atoms with E-state index in [9.17, 15) is 4.79 Å². The van der Waals surface area contributed by atoms with Gasteiger partial charge >= 0.3 is 0 Å². The van der Waals surface area contributed by atoms with Gasteiger partial charge < -0.3 is 5.73 Å². The first-order valence-electron chi connectivity index (χ1n) is 7.00. The molecule has 1 aliphatic rings. The molecule has 0 spiro atoms. The molecule has 1 saturated carbocycles. The fraction of sp³-hybridized carbons (Fsp3) is 0.353. The van der Waals surface area contributed by atoms with Crippen LogP contribution in [0.1, 0.15) is 37.3 Å². The molecule has 2 nitrogen and oxygen atoms in total. The molecule has 0 amide bonds. The summed E-state index contributed by atoms with van der Waals surface area (Å²) in [6, 6.07) is 14.7. The number of Topliss-reactive ketones (excluding diaryl/α,β-unsaturated/α-hetero) is 1. The Balaban J connectivity index is 1.93. The third-order valence-electron chi connectivity index (χ3n) is 4.28. The van der Waals surface area contributed by atoms with Crippen LogP contribution in [-0.2, 0) is 4.79 Å². The second-order valence-electron chi connectivity index (χ2n) is 5.47. The molecule has 2 heteroatoms. The summed E-state index contributed by atoms with van der Waals surface area (Å²) in [5, 5.41) is 2.48. The molecule has 2 aromatic rings. The molecule has 98 valence electrons. The number of carbonyl (C=O) groups excluding carboxylic acids is 1. The van der Waals surface area contributed by atoms with Gasteiger partial charge in [0.1, 0.15) is 5.78 Å². The predicted octanol–water partition coefficient (Wildman–Crippen LogP) is 3.60. The summed E-state index contributed by atoms with van der Waals surface area (Å²) in [4.78, 5) is 11.3. The molecular formula is C17H19NO. The number of hydrogen-bond acceptors (Lipinski definition) is 2. The maximum atomic E-state index is 11.3. The molecular weight excluding hydrogens is 234 g/mol. The van der Waals surface area contributed by atoms with Gasteiger partial charge in [-0.25, -0.2) is 0 Å². The van der Waals surface area contributed by atoms with E-state index in [0.717, 1.165) is 12.8 Å². The third kappa shape index (κ3) is 2.41. The zero-order valence-electron chi connectivity index (χ0n) is 11.0. The second-order valence-corrected chi connectivity index (χ2v) is 5.47. The Morgan fingerprint density at radius 1 is 1.00 bits per heavy atom. The van der Waals surface area contributed by atoms with Crippen molar-refractivity contribution in [1.82, 2.24) is 0 Å². The Kier molecular flexibility index (Phi) is 3.34. The van der Waals surface area contributed by atoms with Gasteiger partial charge in [0.2, 0.25) is 0 Å². The van der Waals surface area contributed by atoms with Crippen LogP contribution in [0.4, 0.5) is 0 Å². The van der Waals surface area contributed by atoms with E-state index in [0.29, 0.717) is 24.5 Å². The van der Waals surface area contributed by atoms with Gasteiger partial charge in [0, 0.05) is 18.9 Å². The Morgan fingerprint density at radius 3 is 2.47 bits per heavy atom. The molecule has 0 aliphatic heterocycles. The van der Waals surface area contributed by atoms with Gasteiger partial charge in [-0.1, -0.05) is 42.5 Å². The quantitative estimate of drug-likeness (QED) is 0.888. The highest BCUT2D eigenvalue weighted by Gasteiger charge is 2.25. The molecule has 0 aromatic heterocycles. The van der Waals surface area contributed by atoms with Gasteiger partial charge in [0.15, 0.2) is 0 Å². The lowest BCUT2D eigenvalue weighted by atomic mass is 9.80. The summed E-state index contributed by atoms with van der Waals surface area (Å²) in [7, 11) is 0. The van der Waals surface area contributed by atoms with Gasteiger partial charge in [-0.2, -0.15) is 0 Å². The average molecular weight is 253 g/mol. The van der Waals surface area contributed by atoms with E-state index in [1.165, 1.54) is 16.3 Å². The number of benzene rings is 2. The van der Waals surface area contributed by atoms with Crippen molar-refractivity contribution in [2.45, 2.75) is 31.7 Å². The lowest BCUT2D eigenvalue weighted by Crippen LogP contribution is -2.26. The first kappa shape index (κ1) is 12.4. The zero-order chi connectivity index (χ0) is 13.2. The molecule has 0 bridgehead atoms. The van der Waals surface area contributed by atoms with Crippen molar-refractivity contribution in [3.05, 3.63) is 48.0 Å². The van der Waals surface area contributed by atoms with E-state index >= 15 is 0 Å². The molecule has 0 saturated heterocycles. The molecule has 0 heterocycles. The van der Waals surface area contributed by atoms with Crippen molar-refractivity contribution in [3.8, 4) is 0 Å². The van der Waals surface area contributed by atoms with Crippen molar-refractivity contribution < 1.29 is 4.79 Å². The highest BCUT2D eigenvalue weighted by Crippen LogP contribution is 2.34. The van der Waals surface area contributed by atoms with E-state index in [1.54, 1.807) is 0 Å². The first-order chi connectivity index (χ1) is 9.25. The highest BCUT2D eigenvalue weighted by atomic mass is 16.1. The summed E-state index contributed by atoms with van der Waals surface area (Å²) < 4.78 is 0. The van der Waals surface area contributed by atoms with Crippen LogP contribution in [0.2, 0.25) is 0 Å². The number of carbonyl (C=O) groups is 1. The molecule has 0 radical (unpaired) electrons. The van der Waals surface area contributed by atoms with Crippen molar-refractivity contribution in [3.63, 3.8) is 0 Å². The van der Waals surface area contributed by atoms with Crippen LogP contribution in [0.5, 0.6) is 0 Å². The van der Waals surface area contributed by atoms with Crippen molar-refractivity contribution in [2.75, 3.05) is 0 Å². The monoisotopic (exact) mass is 253 g/mol. The lowest BCUT2D eigenvalue weighted by molar-refractivity contribution is -0.121. The topological polar surface area (TPSA) is 43.1 Å². The summed E-state index contributed by atoms with van der Waals surface area (Å²) >= 11 is 0. The normalized spacial score (nSPS) is 18.7. The highest BCUT2D eigenvalue weighted by molar-refractivity contribution is 5.86. The molecule has 3 rings (SSSR count). The molecule has 1 fully saturated rings. The van der Waals surface area contributed by atoms with Crippen LogP contribution in [0.3, 0.4) is 0 Å². The summed E-state index contributed by atoms with van der Waals surface area (Å²) in [6.07, 6.45) is 3.26. The summed E-state index contributed by atoms with van der Waals surface area (Å²) in [5.41, 5.74) is 7.69. The number of nitrogens with two attached hydrogens (primary N) is 1. The minimum Gasteiger partial charge on any atom is -0.324 e. The standard InChI is InChI=1S/C17H19NO/c18-17(13-8-10-14(19)11-9-13)16-7-3-5-12-4-1-2-6-15(12)16/h1-7,13,17H,8-11,18H2. The Morgan fingerprint density at radius 2 is 1.68 bits per heavy atom. The molecule has 1 unspecified atom stereocenters. The molecule has 1 aliphatic carbocycles. The maximum Gasteiger partial charge on any atom is 0.132 e. The number of hydrogen-bond donors (Lipinski definition) is 1. The SMILES string of the molecule is NC(c1cccc2ccccc12)C1CCC(=O)CC1. The lowest BCUT2D eigenvalue weighted by Gasteiger charge is -2.28. The minimum atomic E-state index is 0.0409. The van der Waals surface area contributed by atoms with Crippen LogP contribution in [0.25, 0.3) is 10.8 Å². The van der Waals surface area contributed by atoms with E-state index in [4.69, 9.17) is 5.73 Å². The van der Waals surface area contributed by atoms with Gasteiger partial charge in [-0.05, 0) is 35.1 Å².